The van der Waals surface area contributed by atoms with Gasteiger partial charge in [0.15, 0.2) is 0 Å². The summed E-state index contributed by atoms with van der Waals surface area (Å²) in [5.41, 5.74) is 3.77. The van der Waals surface area contributed by atoms with Crippen molar-refractivity contribution < 1.29 is 27.5 Å². The molecule has 1 aliphatic heterocycles. The summed E-state index contributed by atoms with van der Waals surface area (Å²) < 4.78 is 40.3. The molecule has 0 saturated carbocycles. The van der Waals surface area contributed by atoms with Crippen molar-refractivity contribution in [1.82, 2.24) is 0 Å². The third-order valence-corrected chi connectivity index (χ3v) is 4.30. The number of halogens is 3. The number of alkyl halides is 3. The van der Waals surface area contributed by atoms with Gasteiger partial charge in [-0.05, 0) is 61.4 Å². The third kappa shape index (κ3) is 4.73. The van der Waals surface area contributed by atoms with Gasteiger partial charge in [-0.25, -0.2) is 0 Å². The van der Waals surface area contributed by atoms with Crippen molar-refractivity contribution in [3.05, 3.63) is 47.5 Å². The van der Waals surface area contributed by atoms with Crippen LogP contribution in [0, 0.1) is 13.8 Å². The fraction of sp³-hybridized carbons (Fsp3) is 0.263. The van der Waals surface area contributed by atoms with Gasteiger partial charge in [0.1, 0.15) is 11.8 Å². The first-order valence-corrected chi connectivity index (χ1v) is 8.45. The van der Waals surface area contributed by atoms with Gasteiger partial charge in [-0.1, -0.05) is 0 Å². The second kappa shape index (κ2) is 7.41. The van der Waals surface area contributed by atoms with Gasteiger partial charge in [-0.2, -0.15) is 0 Å². The highest BCUT2D eigenvalue weighted by atomic mass is 19.4. The predicted octanol–water partition coefficient (Wildman–Crippen LogP) is 3.96. The molecule has 0 fully saturated rings. The van der Waals surface area contributed by atoms with Gasteiger partial charge in [0, 0.05) is 5.69 Å². The van der Waals surface area contributed by atoms with Crippen molar-refractivity contribution in [3.8, 4) is 5.75 Å². The molecule has 2 aromatic rings. The predicted molar refractivity (Wildman–Crippen MR) is 98.3 cm³/mol. The molecule has 0 unspecified atom stereocenters. The van der Waals surface area contributed by atoms with E-state index in [1.54, 1.807) is 0 Å². The number of rotatable bonds is 4. The Morgan fingerprint density at radius 1 is 1.11 bits per heavy atom. The highest BCUT2D eigenvalue weighted by Gasteiger charge is 2.31. The molecule has 6 nitrogen and oxygen atoms in total. The van der Waals surface area contributed by atoms with E-state index in [1.165, 1.54) is 12.1 Å². The maximum atomic E-state index is 12.2. The number of hydrogen-bond acceptors (Lipinski definition) is 4. The maximum absolute atomic E-state index is 12.2. The number of carbonyl (C=O) groups excluding carboxylic acids is 2. The molecular weight excluding hydrogens is 375 g/mol. The van der Waals surface area contributed by atoms with Gasteiger partial charge in [-0.3, -0.25) is 9.59 Å². The van der Waals surface area contributed by atoms with Gasteiger partial charge < -0.3 is 20.7 Å². The number of nitrogens with one attached hydrogen (secondary N) is 3. The number of carbonyl (C=O) groups is 2. The first-order chi connectivity index (χ1) is 13.1. The highest BCUT2D eigenvalue weighted by Crippen LogP contribution is 2.30. The number of fused-ring (bicyclic) bond motifs is 1. The Morgan fingerprint density at radius 3 is 2.32 bits per heavy atom. The van der Waals surface area contributed by atoms with Crippen molar-refractivity contribution in [1.29, 1.82) is 0 Å². The summed E-state index contributed by atoms with van der Waals surface area (Å²) >= 11 is 0. The lowest BCUT2D eigenvalue weighted by Gasteiger charge is -2.27. The second-order valence-corrected chi connectivity index (χ2v) is 6.49. The largest absolute Gasteiger partial charge is 0.573 e. The van der Waals surface area contributed by atoms with E-state index in [-0.39, 0.29) is 18.1 Å². The average Bonchev–Trinajstić information content (AvgIpc) is 2.58. The van der Waals surface area contributed by atoms with Crippen molar-refractivity contribution >= 4 is 28.9 Å². The molecule has 0 saturated heterocycles. The molecule has 3 rings (SSSR count). The van der Waals surface area contributed by atoms with Crippen molar-refractivity contribution in [2.24, 2.45) is 0 Å². The standard InChI is InChI=1S/C19H18F3N3O3/c1-10-7-14-15(8-11(10)2)25-18(27)16(24-14)9-17(26)23-12-3-5-13(6-4-12)28-19(20,21)22/h3-8,16,24H,9H2,1-2H3,(H,23,26)(H,25,27)/t16-/m1/s1. The molecule has 2 aromatic carbocycles. The number of anilines is 3. The van der Waals surface area contributed by atoms with Crippen LogP contribution in [0.15, 0.2) is 36.4 Å². The fourth-order valence-electron chi connectivity index (χ4n) is 2.79. The summed E-state index contributed by atoms with van der Waals surface area (Å²) in [5, 5.41) is 8.37. The number of benzene rings is 2. The van der Waals surface area contributed by atoms with Crippen LogP contribution in [0.5, 0.6) is 5.75 Å². The Hall–Kier alpha value is -3.23. The molecule has 1 atom stereocenters. The van der Waals surface area contributed by atoms with Crippen LogP contribution in [0.4, 0.5) is 30.2 Å². The Kier molecular flexibility index (Phi) is 5.17. The molecule has 2 amide bonds. The smallest absolute Gasteiger partial charge is 0.406 e. The summed E-state index contributed by atoms with van der Waals surface area (Å²) in [6, 6.07) is 7.75. The molecule has 1 aliphatic rings. The van der Waals surface area contributed by atoms with E-state index < -0.39 is 18.3 Å². The van der Waals surface area contributed by atoms with Crippen LogP contribution in [-0.2, 0) is 9.59 Å². The Morgan fingerprint density at radius 2 is 1.71 bits per heavy atom. The van der Waals surface area contributed by atoms with Crippen molar-refractivity contribution in [3.63, 3.8) is 0 Å². The SMILES string of the molecule is Cc1cc2c(cc1C)N[C@H](CC(=O)Nc1ccc(OC(F)(F)F)cc1)C(=O)N2. The van der Waals surface area contributed by atoms with Crippen LogP contribution in [-0.4, -0.2) is 24.2 Å². The normalized spacial score (nSPS) is 15.9. The summed E-state index contributed by atoms with van der Waals surface area (Å²) in [6.07, 6.45) is -4.92. The number of ether oxygens (including phenoxy) is 1. The zero-order chi connectivity index (χ0) is 20.5. The molecule has 0 bridgehead atoms. The van der Waals surface area contributed by atoms with Crippen LogP contribution in [0.25, 0.3) is 0 Å². The van der Waals surface area contributed by atoms with E-state index in [1.807, 2.05) is 26.0 Å². The van der Waals surface area contributed by atoms with Crippen LogP contribution < -0.4 is 20.7 Å². The lowest BCUT2D eigenvalue weighted by molar-refractivity contribution is -0.274. The van der Waals surface area contributed by atoms with E-state index >= 15 is 0 Å². The Labute approximate surface area is 159 Å². The van der Waals surface area contributed by atoms with Crippen LogP contribution in [0.3, 0.4) is 0 Å². The minimum absolute atomic E-state index is 0.140. The molecular formula is C19H18F3N3O3. The molecule has 9 heteroatoms. The van der Waals surface area contributed by atoms with E-state index in [0.717, 1.165) is 28.9 Å². The summed E-state index contributed by atoms with van der Waals surface area (Å²) in [5.74, 6) is -1.18. The molecule has 0 aromatic heterocycles. The van der Waals surface area contributed by atoms with E-state index in [2.05, 4.69) is 20.7 Å². The van der Waals surface area contributed by atoms with Crippen molar-refractivity contribution in [2.45, 2.75) is 32.7 Å². The van der Waals surface area contributed by atoms with Gasteiger partial charge in [0.2, 0.25) is 11.8 Å². The molecule has 148 valence electrons. The Balaban J connectivity index is 1.61. The topological polar surface area (TPSA) is 79.5 Å². The number of hydrogen-bond donors (Lipinski definition) is 3. The zero-order valence-corrected chi connectivity index (χ0v) is 15.1. The Bertz CT molecular complexity index is 911. The van der Waals surface area contributed by atoms with E-state index in [9.17, 15) is 22.8 Å². The average molecular weight is 393 g/mol. The van der Waals surface area contributed by atoms with Gasteiger partial charge in [0.25, 0.3) is 0 Å². The number of amides is 2. The molecule has 0 radical (unpaired) electrons. The lowest BCUT2D eigenvalue weighted by atomic mass is 10.0. The van der Waals surface area contributed by atoms with Crippen LogP contribution >= 0.6 is 0 Å². The number of aryl methyl sites for hydroxylation is 2. The summed E-state index contributed by atoms with van der Waals surface area (Å²) in [7, 11) is 0. The minimum atomic E-state index is -4.78. The molecule has 1 heterocycles. The zero-order valence-electron chi connectivity index (χ0n) is 15.1. The highest BCUT2D eigenvalue weighted by molar-refractivity contribution is 6.06. The molecule has 0 aliphatic carbocycles. The van der Waals surface area contributed by atoms with Crippen LogP contribution in [0.1, 0.15) is 17.5 Å². The molecule has 3 N–H and O–H groups in total. The summed E-state index contributed by atoms with van der Waals surface area (Å²) in [6.45, 7) is 3.88. The lowest BCUT2D eigenvalue weighted by Crippen LogP contribution is -2.41. The summed E-state index contributed by atoms with van der Waals surface area (Å²) in [4.78, 5) is 24.5. The van der Waals surface area contributed by atoms with Crippen LogP contribution in [0.2, 0.25) is 0 Å². The maximum Gasteiger partial charge on any atom is 0.573 e. The quantitative estimate of drug-likeness (QED) is 0.735. The third-order valence-electron chi connectivity index (χ3n) is 4.30. The van der Waals surface area contributed by atoms with E-state index in [0.29, 0.717) is 11.4 Å². The van der Waals surface area contributed by atoms with Gasteiger partial charge in [0.05, 0.1) is 17.8 Å². The minimum Gasteiger partial charge on any atom is -0.406 e. The van der Waals surface area contributed by atoms with Gasteiger partial charge in [-0.15, -0.1) is 13.2 Å². The second-order valence-electron chi connectivity index (χ2n) is 6.49. The molecule has 0 spiro atoms. The fourth-order valence-corrected chi connectivity index (χ4v) is 2.79. The van der Waals surface area contributed by atoms with Crippen molar-refractivity contribution in [2.75, 3.05) is 16.0 Å². The first-order valence-electron chi connectivity index (χ1n) is 8.45. The van der Waals surface area contributed by atoms with Gasteiger partial charge >= 0.3 is 6.36 Å². The monoisotopic (exact) mass is 393 g/mol. The first kappa shape index (κ1) is 19.5. The van der Waals surface area contributed by atoms with E-state index in [4.69, 9.17) is 0 Å². The molecule has 28 heavy (non-hydrogen) atoms.